The van der Waals surface area contributed by atoms with Crippen LogP contribution in [0.5, 0.6) is 5.75 Å². The Kier molecular flexibility index (Phi) is 6.34. The van der Waals surface area contributed by atoms with Gasteiger partial charge in [-0.25, -0.2) is 5.43 Å². The molecule has 0 bridgehead atoms. The van der Waals surface area contributed by atoms with Gasteiger partial charge in [-0.2, -0.15) is 5.10 Å². The molecule has 2 aromatic carbocycles. The number of carbonyl (C=O) groups is 2. The Hall–Kier alpha value is -2.38. The van der Waals surface area contributed by atoms with E-state index in [2.05, 4.69) is 26.5 Å². The lowest BCUT2D eigenvalue weighted by atomic mass is 10.2. The quantitative estimate of drug-likeness (QED) is 0.566. The molecule has 0 radical (unpaired) electrons. The molecular weight excluding hydrogens is 398 g/mol. The van der Waals surface area contributed by atoms with Crippen LogP contribution in [0.2, 0.25) is 5.02 Å². The lowest BCUT2D eigenvalue weighted by Crippen LogP contribution is -2.20. The Balaban J connectivity index is 1.96. The second kappa shape index (κ2) is 8.47. The minimum atomic E-state index is -0.590. The van der Waals surface area contributed by atoms with Crippen LogP contribution in [0.3, 0.4) is 0 Å². The molecule has 24 heavy (non-hydrogen) atoms. The maximum Gasteiger partial charge on any atom is 0.271 e. The average Bonchev–Trinajstić information content (AvgIpc) is 2.54. The van der Waals surface area contributed by atoms with Crippen LogP contribution in [0.1, 0.15) is 15.9 Å². The number of halogens is 2. The molecule has 0 aliphatic rings. The molecule has 0 aliphatic heterocycles. The van der Waals surface area contributed by atoms with Crippen molar-refractivity contribution in [3.05, 3.63) is 63.1 Å². The number of primary amides is 1. The Morgan fingerprint density at radius 2 is 1.96 bits per heavy atom. The summed E-state index contributed by atoms with van der Waals surface area (Å²) in [5, 5.41) is 4.18. The van der Waals surface area contributed by atoms with Gasteiger partial charge in [0.25, 0.3) is 11.8 Å². The summed E-state index contributed by atoms with van der Waals surface area (Å²) in [5.74, 6) is -0.579. The zero-order valence-corrected chi connectivity index (χ0v) is 14.7. The van der Waals surface area contributed by atoms with Crippen LogP contribution in [0.25, 0.3) is 0 Å². The molecule has 0 saturated heterocycles. The topological polar surface area (TPSA) is 93.8 Å². The van der Waals surface area contributed by atoms with Gasteiger partial charge in [-0.05, 0) is 48.0 Å². The number of benzene rings is 2. The van der Waals surface area contributed by atoms with E-state index in [1.165, 1.54) is 6.21 Å². The molecular formula is C16H13BrClN3O3. The summed E-state index contributed by atoms with van der Waals surface area (Å²) >= 11 is 9.33. The van der Waals surface area contributed by atoms with Crippen molar-refractivity contribution in [3.63, 3.8) is 0 Å². The number of rotatable bonds is 6. The number of carbonyl (C=O) groups excluding carboxylic acids is 2. The molecule has 2 amide bonds. The van der Waals surface area contributed by atoms with Gasteiger partial charge in [0.1, 0.15) is 5.75 Å². The highest BCUT2D eigenvalue weighted by atomic mass is 79.9. The van der Waals surface area contributed by atoms with Gasteiger partial charge in [-0.1, -0.05) is 27.5 Å². The second-order valence-corrected chi connectivity index (χ2v) is 5.97. The Labute approximate surface area is 151 Å². The number of hydrogen-bond donors (Lipinski definition) is 2. The van der Waals surface area contributed by atoms with Crippen molar-refractivity contribution in [1.29, 1.82) is 0 Å². The molecule has 0 atom stereocenters. The molecule has 0 spiro atoms. The van der Waals surface area contributed by atoms with Crippen LogP contribution in [0.4, 0.5) is 0 Å². The first-order valence-corrected chi connectivity index (χ1v) is 7.92. The highest BCUT2D eigenvalue weighted by Crippen LogP contribution is 2.24. The molecule has 8 heteroatoms. The van der Waals surface area contributed by atoms with Crippen molar-refractivity contribution in [2.24, 2.45) is 10.8 Å². The lowest BCUT2D eigenvalue weighted by Gasteiger charge is -2.06. The predicted molar refractivity (Wildman–Crippen MR) is 95.3 cm³/mol. The minimum Gasteiger partial charge on any atom is -0.482 e. The van der Waals surface area contributed by atoms with E-state index in [-0.39, 0.29) is 12.5 Å². The maximum atomic E-state index is 11.9. The van der Waals surface area contributed by atoms with Crippen LogP contribution in [-0.2, 0) is 4.79 Å². The SMILES string of the molecule is NC(=O)COc1ccc(/C=N/NC(=O)c2ccc(Br)cc2)cc1Cl. The first-order valence-electron chi connectivity index (χ1n) is 6.75. The summed E-state index contributed by atoms with van der Waals surface area (Å²) in [6.07, 6.45) is 1.44. The highest BCUT2D eigenvalue weighted by Gasteiger charge is 2.05. The number of nitrogens with two attached hydrogens (primary N) is 1. The van der Waals surface area contributed by atoms with E-state index in [1.54, 1.807) is 42.5 Å². The van der Waals surface area contributed by atoms with E-state index in [9.17, 15) is 9.59 Å². The number of nitrogens with one attached hydrogen (secondary N) is 1. The van der Waals surface area contributed by atoms with Crippen molar-refractivity contribution in [2.75, 3.05) is 6.61 Å². The monoisotopic (exact) mass is 409 g/mol. The minimum absolute atomic E-state index is 0.254. The van der Waals surface area contributed by atoms with Crippen molar-refractivity contribution in [1.82, 2.24) is 5.43 Å². The largest absolute Gasteiger partial charge is 0.482 e. The molecule has 2 rings (SSSR count). The molecule has 6 nitrogen and oxygen atoms in total. The molecule has 2 aromatic rings. The van der Waals surface area contributed by atoms with Gasteiger partial charge in [0.05, 0.1) is 11.2 Å². The van der Waals surface area contributed by atoms with E-state index in [1.807, 2.05) is 0 Å². The van der Waals surface area contributed by atoms with Gasteiger partial charge in [0.15, 0.2) is 6.61 Å². The smallest absolute Gasteiger partial charge is 0.271 e. The normalized spacial score (nSPS) is 10.6. The molecule has 0 aliphatic carbocycles. The summed E-state index contributed by atoms with van der Waals surface area (Å²) in [7, 11) is 0. The van der Waals surface area contributed by atoms with Crippen molar-refractivity contribution < 1.29 is 14.3 Å². The molecule has 0 fully saturated rings. The van der Waals surface area contributed by atoms with Gasteiger partial charge in [0, 0.05) is 10.0 Å². The van der Waals surface area contributed by atoms with Crippen LogP contribution in [0, 0.1) is 0 Å². The summed E-state index contributed by atoms with van der Waals surface area (Å²) in [6.45, 7) is -0.254. The Morgan fingerprint density at radius 1 is 1.25 bits per heavy atom. The third kappa shape index (κ3) is 5.36. The van der Waals surface area contributed by atoms with Crippen molar-refractivity contribution in [3.8, 4) is 5.75 Å². The van der Waals surface area contributed by atoms with E-state index in [0.717, 1.165) is 4.47 Å². The first kappa shape index (κ1) is 18.0. The number of ether oxygens (including phenoxy) is 1. The molecule has 0 unspecified atom stereocenters. The summed E-state index contributed by atoms with van der Waals surface area (Å²) in [5.41, 5.74) is 8.56. The molecule has 0 saturated carbocycles. The number of hydrogen-bond acceptors (Lipinski definition) is 4. The lowest BCUT2D eigenvalue weighted by molar-refractivity contribution is -0.119. The van der Waals surface area contributed by atoms with Crippen molar-refractivity contribution >= 4 is 45.6 Å². The first-order chi connectivity index (χ1) is 11.5. The van der Waals surface area contributed by atoms with Gasteiger partial charge in [-0.3, -0.25) is 9.59 Å². The zero-order chi connectivity index (χ0) is 17.5. The fourth-order valence-electron chi connectivity index (χ4n) is 1.69. The third-order valence-electron chi connectivity index (χ3n) is 2.81. The summed E-state index contributed by atoms with van der Waals surface area (Å²) in [4.78, 5) is 22.6. The molecule has 0 heterocycles. The number of amides is 2. The van der Waals surface area contributed by atoms with Gasteiger partial charge in [-0.15, -0.1) is 0 Å². The van der Waals surface area contributed by atoms with Crippen LogP contribution in [-0.4, -0.2) is 24.6 Å². The van der Waals surface area contributed by atoms with Gasteiger partial charge < -0.3 is 10.5 Å². The number of nitrogens with zero attached hydrogens (tertiary/aromatic N) is 1. The second-order valence-electron chi connectivity index (χ2n) is 4.65. The van der Waals surface area contributed by atoms with E-state index in [4.69, 9.17) is 22.1 Å². The van der Waals surface area contributed by atoms with Gasteiger partial charge in [0.2, 0.25) is 0 Å². The van der Waals surface area contributed by atoms with E-state index < -0.39 is 5.91 Å². The van der Waals surface area contributed by atoms with E-state index >= 15 is 0 Å². The average molecular weight is 411 g/mol. The Morgan fingerprint density at radius 3 is 2.58 bits per heavy atom. The molecule has 124 valence electrons. The standard InChI is InChI=1S/C16H13BrClN3O3/c17-12-4-2-11(3-5-12)16(23)21-20-8-10-1-6-14(13(18)7-10)24-9-15(19)22/h1-8H,9H2,(H2,19,22)(H,21,23)/b20-8+. The predicted octanol–water partition coefficient (Wildman–Crippen LogP) is 2.73. The fraction of sp³-hybridized carbons (Fsp3) is 0.0625. The van der Waals surface area contributed by atoms with Crippen molar-refractivity contribution in [2.45, 2.75) is 0 Å². The van der Waals surface area contributed by atoms with E-state index in [0.29, 0.717) is 21.9 Å². The maximum absolute atomic E-state index is 11.9. The number of hydrazone groups is 1. The summed E-state index contributed by atoms with van der Waals surface area (Å²) < 4.78 is 6.02. The highest BCUT2D eigenvalue weighted by molar-refractivity contribution is 9.10. The van der Waals surface area contributed by atoms with Crippen LogP contribution in [0.15, 0.2) is 52.0 Å². The summed E-state index contributed by atoms with van der Waals surface area (Å²) in [6, 6.07) is 11.7. The molecule has 0 aromatic heterocycles. The molecule has 3 N–H and O–H groups in total. The van der Waals surface area contributed by atoms with Crippen LogP contribution < -0.4 is 15.9 Å². The zero-order valence-electron chi connectivity index (χ0n) is 12.3. The third-order valence-corrected chi connectivity index (χ3v) is 3.64. The van der Waals surface area contributed by atoms with Gasteiger partial charge >= 0.3 is 0 Å². The Bertz CT molecular complexity index is 779. The van der Waals surface area contributed by atoms with Crippen LogP contribution >= 0.6 is 27.5 Å². The fourth-order valence-corrected chi connectivity index (χ4v) is 2.20.